The van der Waals surface area contributed by atoms with Crippen molar-refractivity contribution in [3.8, 4) is 0 Å². The van der Waals surface area contributed by atoms with Crippen molar-refractivity contribution in [2.45, 2.75) is 39.8 Å². The number of halogens is 1. The van der Waals surface area contributed by atoms with Crippen LogP contribution in [-0.2, 0) is 13.0 Å². The molecule has 2 amide bonds. The van der Waals surface area contributed by atoms with Gasteiger partial charge in [-0.25, -0.2) is 14.2 Å². The number of carbonyl (C=O) groups excluding carboxylic acids is 1. The Kier molecular flexibility index (Phi) is 4.35. The first-order valence-electron chi connectivity index (χ1n) is 7.78. The van der Waals surface area contributed by atoms with Crippen LogP contribution in [0.3, 0.4) is 0 Å². The molecule has 2 aromatic rings. The lowest BCUT2D eigenvalue weighted by Crippen LogP contribution is -2.33. The van der Waals surface area contributed by atoms with E-state index in [2.05, 4.69) is 11.9 Å². The lowest BCUT2D eigenvalue weighted by molar-refractivity contribution is 0.206. The second-order valence-corrected chi connectivity index (χ2v) is 6.92. The Morgan fingerprint density at radius 1 is 1.35 bits per heavy atom. The lowest BCUT2D eigenvalue weighted by atomic mass is 10.2. The molecule has 0 spiro atoms. The van der Waals surface area contributed by atoms with Crippen LogP contribution in [0.2, 0.25) is 0 Å². The van der Waals surface area contributed by atoms with Crippen LogP contribution in [0.4, 0.5) is 14.3 Å². The first-order valence-corrected chi connectivity index (χ1v) is 8.60. The zero-order valence-corrected chi connectivity index (χ0v) is 14.4. The van der Waals surface area contributed by atoms with E-state index >= 15 is 0 Å². The largest absolute Gasteiger partial charge is 0.326 e. The van der Waals surface area contributed by atoms with Gasteiger partial charge in [-0.05, 0) is 38.0 Å². The Morgan fingerprint density at radius 2 is 2.04 bits per heavy atom. The van der Waals surface area contributed by atoms with Crippen molar-refractivity contribution in [3.05, 3.63) is 46.2 Å². The van der Waals surface area contributed by atoms with Gasteiger partial charge in [0.25, 0.3) is 0 Å². The number of hydrogen-bond donors (Lipinski definition) is 0. The maximum atomic E-state index is 13.0. The standard InChI is InChI=1S/C17H20FN3OS/c1-4-15-12(3)19-16(23-15)21-9-11(2)20(17(21)22)10-13-5-7-14(18)8-6-13/h5-8,11H,4,9-10H2,1-3H3/t11-/m0/s1. The van der Waals surface area contributed by atoms with Crippen LogP contribution in [-0.4, -0.2) is 28.5 Å². The third kappa shape index (κ3) is 3.08. The molecule has 3 rings (SSSR count). The summed E-state index contributed by atoms with van der Waals surface area (Å²) in [5.41, 5.74) is 1.93. The monoisotopic (exact) mass is 333 g/mol. The van der Waals surface area contributed by atoms with E-state index in [4.69, 9.17) is 0 Å². The van der Waals surface area contributed by atoms with Crippen molar-refractivity contribution in [1.29, 1.82) is 0 Å². The fraction of sp³-hybridized carbons (Fsp3) is 0.412. The van der Waals surface area contributed by atoms with E-state index in [1.54, 1.807) is 28.4 Å². The normalized spacial score (nSPS) is 18.1. The van der Waals surface area contributed by atoms with E-state index in [1.807, 2.05) is 18.7 Å². The summed E-state index contributed by atoms with van der Waals surface area (Å²) in [6.07, 6.45) is 0.931. The first kappa shape index (κ1) is 15.9. The van der Waals surface area contributed by atoms with Crippen LogP contribution in [0.25, 0.3) is 0 Å². The van der Waals surface area contributed by atoms with Gasteiger partial charge in [0.15, 0.2) is 5.13 Å². The van der Waals surface area contributed by atoms with Crippen LogP contribution in [0, 0.1) is 12.7 Å². The zero-order chi connectivity index (χ0) is 16.6. The number of benzene rings is 1. The Balaban J connectivity index is 1.79. The molecule has 1 saturated heterocycles. The van der Waals surface area contributed by atoms with Gasteiger partial charge in [0, 0.05) is 17.5 Å². The van der Waals surface area contributed by atoms with Gasteiger partial charge in [-0.15, -0.1) is 11.3 Å². The Bertz CT molecular complexity index is 713. The molecule has 1 aliphatic heterocycles. The van der Waals surface area contributed by atoms with Crippen molar-refractivity contribution in [2.75, 3.05) is 11.4 Å². The molecule has 2 heterocycles. The fourth-order valence-corrected chi connectivity index (χ4v) is 3.81. The van der Waals surface area contributed by atoms with E-state index in [1.165, 1.54) is 17.0 Å². The Labute approximate surface area is 139 Å². The molecule has 1 aromatic heterocycles. The molecule has 1 fully saturated rings. The molecule has 6 heteroatoms. The molecule has 1 aromatic carbocycles. The van der Waals surface area contributed by atoms with E-state index in [9.17, 15) is 9.18 Å². The third-order valence-electron chi connectivity index (χ3n) is 4.16. The summed E-state index contributed by atoms with van der Waals surface area (Å²) in [4.78, 5) is 22.1. The van der Waals surface area contributed by atoms with Gasteiger partial charge in [0.2, 0.25) is 0 Å². The molecule has 0 radical (unpaired) electrons. The molecule has 23 heavy (non-hydrogen) atoms. The SMILES string of the molecule is CCc1sc(N2C[C@H](C)N(Cc3ccc(F)cc3)C2=O)nc1C. The van der Waals surface area contributed by atoms with E-state index in [0.717, 1.165) is 22.8 Å². The number of anilines is 1. The molecule has 122 valence electrons. The predicted octanol–water partition coefficient (Wildman–Crippen LogP) is 3.98. The summed E-state index contributed by atoms with van der Waals surface area (Å²) in [6, 6.07) is 6.37. The Morgan fingerprint density at radius 3 is 2.65 bits per heavy atom. The van der Waals surface area contributed by atoms with Gasteiger partial charge in [-0.1, -0.05) is 19.1 Å². The number of aryl methyl sites for hydroxylation is 2. The minimum Gasteiger partial charge on any atom is -0.315 e. The van der Waals surface area contributed by atoms with Gasteiger partial charge in [-0.2, -0.15) is 0 Å². The van der Waals surface area contributed by atoms with Crippen molar-refractivity contribution in [2.24, 2.45) is 0 Å². The van der Waals surface area contributed by atoms with Gasteiger partial charge in [0.1, 0.15) is 5.82 Å². The summed E-state index contributed by atoms with van der Waals surface area (Å²) in [6.45, 7) is 7.24. The quantitative estimate of drug-likeness (QED) is 0.848. The highest BCUT2D eigenvalue weighted by molar-refractivity contribution is 7.15. The van der Waals surface area contributed by atoms with Crippen LogP contribution >= 0.6 is 11.3 Å². The third-order valence-corrected chi connectivity index (χ3v) is 5.48. The molecule has 0 saturated carbocycles. The lowest BCUT2D eigenvalue weighted by Gasteiger charge is -2.20. The molecule has 1 aliphatic rings. The highest BCUT2D eigenvalue weighted by Gasteiger charge is 2.36. The molecule has 0 aliphatic carbocycles. The molecular weight excluding hydrogens is 313 g/mol. The predicted molar refractivity (Wildman–Crippen MR) is 90.4 cm³/mol. The van der Waals surface area contributed by atoms with Crippen LogP contribution in [0.5, 0.6) is 0 Å². The van der Waals surface area contributed by atoms with Crippen LogP contribution in [0.15, 0.2) is 24.3 Å². The topological polar surface area (TPSA) is 36.4 Å². The minimum absolute atomic E-state index is 0.0294. The van der Waals surface area contributed by atoms with Crippen molar-refractivity contribution in [3.63, 3.8) is 0 Å². The van der Waals surface area contributed by atoms with Crippen LogP contribution in [0.1, 0.15) is 30.0 Å². The number of urea groups is 1. The summed E-state index contributed by atoms with van der Waals surface area (Å²) in [7, 11) is 0. The number of thiazole rings is 1. The number of hydrogen-bond acceptors (Lipinski definition) is 3. The average molecular weight is 333 g/mol. The molecule has 4 nitrogen and oxygen atoms in total. The minimum atomic E-state index is -0.262. The second kappa shape index (κ2) is 6.28. The number of rotatable bonds is 4. The smallest absolute Gasteiger partial charge is 0.315 e. The second-order valence-electron chi connectivity index (χ2n) is 5.86. The van der Waals surface area contributed by atoms with E-state index in [0.29, 0.717) is 13.1 Å². The van der Waals surface area contributed by atoms with Gasteiger partial charge < -0.3 is 4.90 Å². The molecule has 1 atom stereocenters. The highest BCUT2D eigenvalue weighted by atomic mass is 32.1. The number of nitrogens with zero attached hydrogens (tertiary/aromatic N) is 3. The summed E-state index contributed by atoms with van der Waals surface area (Å²) in [5.74, 6) is -0.262. The molecule has 0 unspecified atom stereocenters. The van der Waals surface area contributed by atoms with Gasteiger partial charge in [0.05, 0.1) is 12.2 Å². The average Bonchev–Trinajstić information content (AvgIpc) is 3.03. The first-order chi connectivity index (χ1) is 11.0. The fourth-order valence-electron chi connectivity index (χ4n) is 2.81. The summed E-state index contributed by atoms with van der Waals surface area (Å²) >= 11 is 1.59. The van der Waals surface area contributed by atoms with Crippen molar-refractivity contribution >= 4 is 22.5 Å². The summed E-state index contributed by atoms with van der Waals surface area (Å²) in [5, 5.41) is 0.776. The number of aromatic nitrogens is 1. The molecule has 0 N–H and O–H groups in total. The molecular formula is C17H20FN3OS. The van der Waals surface area contributed by atoms with E-state index < -0.39 is 0 Å². The van der Waals surface area contributed by atoms with Gasteiger partial charge >= 0.3 is 6.03 Å². The summed E-state index contributed by atoms with van der Waals surface area (Å²) < 4.78 is 13.0. The maximum Gasteiger partial charge on any atom is 0.326 e. The van der Waals surface area contributed by atoms with Crippen LogP contribution < -0.4 is 4.90 Å². The maximum absolute atomic E-state index is 13.0. The van der Waals surface area contributed by atoms with Crippen molar-refractivity contribution < 1.29 is 9.18 Å². The van der Waals surface area contributed by atoms with E-state index in [-0.39, 0.29) is 17.9 Å². The number of amides is 2. The number of carbonyl (C=O) groups is 1. The molecule has 0 bridgehead atoms. The Hall–Kier alpha value is -1.95. The highest BCUT2D eigenvalue weighted by Crippen LogP contribution is 2.31. The zero-order valence-electron chi connectivity index (χ0n) is 13.5. The van der Waals surface area contributed by atoms with Gasteiger partial charge in [-0.3, -0.25) is 4.90 Å². The van der Waals surface area contributed by atoms with Crippen molar-refractivity contribution in [1.82, 2.24) is 9.88 Å².